The number of aryl methyl sites for hydroxylation is 1. The number of ether oxygens (including phenoxy) is 1. The minimum Gasteiger partial charge on any atom is -0.378 e. The van der Waals surface area contributed by atoms with E-state index >= 15 is 0 Å². The quantitative estimate of drug-likeness (QED) is 0.544. The van der Waals surface area contributed by atoms with Gasteiger partial charge in [0, 0.05) is 35.9 Å². The maximum atomic E-state index is 5.42. The molecule has 0 saturated carbocycles. The van der Waals surface area contributed by atoms with Crippen molar-refractivity contribution in [2.24, 2.45) is 0 Å². The second-order valence-corrected chi connectivity index (χ2v) is 7.45. The second kappa shape index (κ2) is 8.08. The Morgan fingerprint density at radius 2 is 1.67 bits per heavy atom. The fourth-order valence-electron chi connectivity index (χ4n) is 3.65. The number of benzene rings is 2. The molecule has 2 aromatic carbocycles. The van der Waals surface area contributed by atoms with Crippen LogP contribution in [0.1, 0.15) is 5.56 Å². The van der Waals surface area contributed by atoms with Gasteiger partial charge in [0.15, 0.2) is 0 Å². The predicted molar refractivity (Wildman–Crippen MR) is 120 cm³/mol. The third-order valence-corrected chi connectivity index (χ3v) is 5.37. The Bertz CT molecular complexity index is 1150. The van der Waals surface area contributed by atoms with E-state index in [9.17, 15) is 0 Å². The maximum Gasteiger partial charge on any atom is 0.141 e. The molecule has 2 aromatic heterocycles. The Hall–Kier alpha value is -3.51. The van der Waals surface area contributed by atoms with E-state index in [2.05, 4.69) is 86.7 Å². The molecule has 3 heterocycles. The van der Waals surface area contributed by atoms with Gasteiger partial charge in [-0.15, -0.1) is 0 Å². The first-order valence-electron chi connectivity index (χ1n) is 10.1. The smallest absolute Gasteiger partial charge is 0.141 e. The Morgan fingerprint density at radius 3 is 2.43 bits per heavy atom. The molecule has 1 aliphatic heterocycles. The summed E-state index contributed by atoms with van der Waals surface area (Å²) in [4.78, 5) is 15.8. The van der Waals surface area contributed by atoms with Gasteiger partial charge >= 0.3 is 0 Å². The van der Waals surface area contributed by atoms with Crippen LogP contribution in [0.2, 0.25) is 0 Å². The Labute approximate surface area is 175 Å². The lowest BCUT2D eigenvalue weighted by atomic mass is 10.1. The summed E-state index contributed by atoms with van der Waals surface area (Å²) >= 11 is 0. The number of morpholine rings is 1. The van der Waals surface area contributed by atoms with E-state index in [1.54, 1.807) is 6.33 Å². The van der Waals surface area contributed by atoms with Gasteiger partial charge in [0.05, 0.1) is 18.7 Å². The lowest BCUT2D eigenvalue weighted by molar-refractivity contribution is 0.122. The second-order valence-electron chi connectivity index (χ2n) is 7.45. The Balaban J connectivity index is 1.41. The van der Waals surface area contributed by atoms with Crippen molar-refractivity contribution in [1.29, 1.82) is 0 Å². The number of fused-ring (bicyclic) bond motifs is 1. The minimum atomic E-state index is 0.757. The first-order valence-corrected chi connectivity index (χ1v) is 10.1. The maximum absolute atomic E-state index is 5.42. The number of anilines is 3. The van der Waals surface area contributed by atoms with Gasteiger partial charge in [-0.3, -0.25) is 0 Å². The van der Waals surface area contributed by atoms with Gasteiger partial charge in [-0.25, -0.2) is 15.0 Å². The van der Waals surface area contributed by atoms with E-state index in [-0.39, 0.29) is 0 Å². The van der Waals surface area contributed by atoms with Crippen LogP contribution in [0, 0.1) is 6.92 Å². The molecule has 0 aliphatic carbocycles. The van der Waals surface area contributed by atoms with Crippen LogP contribution in [-0.2, 0) is 4.74 Å². The molecular formula is C24H23N5O. The molecule has 6 heteroatoms. The van der Waals surface area contributed by atoms with Crippen LogP contribution in [0.15, 0.2) is 67.1 Å². The predicted octanol–water partition coefficient (Wildman–Crippen LogP) is 4.58. The molecule has 5 rings (SSSR count). The monoisotopic (exact) mass is 397 g/mol. The summed E-state index contributed by atoms with van der Waals surface area (Å²) in [6.45, 7) is 5.36. The van der Waals surface area contributed by atoms with Gasteiger partial charge in [0.1, 0.15) is 18.0 Å². The molecule has 1 aliphatic rings. The Morgan fingerprint density at radius 1 is 0.867 bits per heavy atom. The molecule has 0 atom stereocenters. The minimum absolute atomic E-state index is 0.757. The Kier molecular flexibility index (Phi) is 4.99. The standard InChI is InChI=1S/C24H23N5O/c1-17-2-6-20(7-3-17)28-24-21-8-4-18(14-22(21)26-16-27-24)19-5-9-23(25-15-19)29-10-12-30-13-11-29/h2-9,14-16H,10-13H2,1H3,(H,26,27,28). The highest BCUT2D eigenvalue weighted by atomic mass is 16.5. The third kappa shape index (κ3) is 3.82. The van der Waals surface area contributed by atoms with Gasteiger partial charge in [-0.2, -0.15) is 0 Å². The van der Waals surface area contributed by atoms with Crippen molar-refractivity contribution in [3.63, 3.8) is 0 Å². The highest BCUT2D eigenvalue weighted by Crippen LogP contribution is 2.28. The summed E-state index contributed by atoms with van der Waals surface area (Å²) in [5.41, 5.74) is 5.29. The average Bonchev–Trinajstić information content (AvgIpc) is 2.81. The van der Waals surface area contributed by atoms with E-state index in [1.807, 2.05) is 6.20 Å². The fraction of sp³-hybridized carbons (Fsp3) is 0.208. The van der Waals surface area contributed by atoms with Crippen LogP contribution < -0.4 is 10.2 Å². The van der Waals surface area contributed by atoms with Crippen LogP contribution in [0.3, 0.4) is 0 Å². The lowest BCUT2D eigenvalue weighted by Crippen LogP contribution is -2.36. The molecule has 0 amide bonds. The summed E-state index contributed by atoms with van der Waals surface area (Å²) in [6.07, 6.45) is 3.53. The van der Waals surface area contributed by atoms with E-state index in [0.29, 0.717) is 0 Å². The SMILES string of the molecule is Cc1ccc(Nc2ncnc3cc(-c4ccc(N5CCOCC5)nc4)ccc23)cc1. The van der Waals surface area contributed by atoms with Crippen molar-refractivity contribution in [2.45, 2.75) is 6.92 Å². The molecule has 0 bridgehead atoms. The first kappa shape index (κ1) is 18.5. The fourth-order valence-corrected chi connectivity index (χ4v) is 3.65. The van der Waals surface area contributed by atoms with Gasteiger partial charge in [0.2, 0.25) is 0 Å². The zero-order valence-corrected chi connectivity index (χ0v) is 16.9. The average molecular weight is 397 g/mol. The van der Waals surface area contributed by atoms with E-state index in [4.69, 9.17) is 4.74 Å². The third-order valence-electron chi connectivity index (χ3n) is 5.37. The van der Waals surface area contributed by atoms with E-state index in [0.717, 1.165) is 65.7 Å². The number of hydrogen-bond donors (Lipinski definition) is 1. The summed E-state index contributed by atoms with van der Waals surface area (Å²) in [5.74, 6) is 1.80. The molecule has 1 saturated heterocycles. The highest BCUT2D eigenvalue weighted by Gasteiger charge is 2.12. The summed E-state index contributed by atoms with van der Waals surface area (Å²) in [6, 6.07) is 18.7. The lowest BCUT2D eigenvalue weighted by Gasteiger charge is -2.27. The van der Waals surface area contributed by atoms with Crippen molar-refractivity contribution < 1.29 is 4.74 Å². The van der Waals surface area contributed by atoms with Crippen molar-refractivity contribution >= 4 is 28.2 Å². The zero-order chi connectivity index (χ0) is 20.3. The van der Waals surface area contributed by atoms with Crippen LogP contribution in [0.4, 0.5) is 17.3 Å². The molecule has 6 nitrogen and oxygen atoms in total. The molecular weight excluding hydrogens is 374 g/mol. The van der Waals surface area contributed by atoms with Crippen LogP contribution in [-0.4, -0.2) is 41.3 Å². The molecule has 4 aromatic rings. The first-order chi connectivity index (χ1) is 14.8. The number of pyridine rings is 1. The van der Waals surface area contributed by atoms with Crippen LogP contribution in [0.5, 0.6) is 0 Å². The van der Waals surface area contributed by atoms with Crippen LogP contribution >= 0.6 is 0 Å². The van der Waals surface area contributed by atoms with Gasteiger partial charge in [-0.05, 0) is 48.9 Å². The summed E-state index contributed by atoms with van der Waals surface area (Å²) in [5, 5.41) is 4.38. The number of hydrogen-bond acceptors (Lipinski definition) is 6. The largest absolute Gasteiger partial charge is 0.378 e. The van der Waals surface area contributed by atoms with Crippen LogP contribution in [0.25, 0.3) is 22.0 Å². The molecule has 0 radical (unpaired) electrons. The van der Waals surface area contributed by atoms with Crippen molar-refractivity contribution in [3.05, 3.63) is 72.7 Å². The van der Waals surface area contributed by atoms with Gasteiger partial charge in [0.25, 0.3) is 0 Å². The molecule has 1 fully saturated rings. The number of rotatable bonds is 4. The molecule has 1 N–H and O–H groups in total. The number of nitrogens with one attached hydrogen (secondary N) is 1. The topological polar surface area (TPSA) is 63.2 Å². The van der Waals surface area contributed by atoms with Crippen molar-refractivity contribution in [2.75, 3.05) is 36.5 Å². The summed E-state index contributed by atoms with van der Waals surface area (Å²) in [7, 11) is 0. The highest BCUT2D eigenvalue weighted by molar-refractivity contribution is 5.93. The molecule has 30 heavy (non-hydrogen) atoms. The molecule has 0 spiro atoms. The van der Waals surface area contributed by atoms with Gasteiger partial charge < -0.3 is 15.0 Å². The van der Waals surface area contributed by atoms with E-state index < -0.39 is 0 Å². The molecule has 150 valence electrons. The van der Waals surface area contributed by atoms with Crippen molar-refractivity contribution in [1.82, 2.24) is 15.0 Å². The number of aromatic nitrogens is 3. The van der Waals surface area contributed by atoms with Gasteiger partial charge in [-0.1, -0.05) is 23.8 Å². The number of nitrogens with zero attached hydrogens (tertiary/aromatic N) is 4. The summed E-state index contributed by atoms with van der Waals surface area (Å²) < 4.78 is 5.42. The normalized spacial score (nSPS) is 14.1. The zero-order valence-electron chi connectivity index (χ0n) is 16.9. The van der Waals surface area contributed by atoms with E-state index in [1.165, 1.54) is 5.56 Å². The van der Waals surface area contributed by atoms with Crippen molar-refractivity contribution in [3.8, 4) is 11.1 Å². The molecule has 0 unspecified atom stereocenters.